The third kappa shape index (κ3) is 5.18. The molecule has 0 aromatic carbocycles. The van der Waals surface area contributed by atoms with E-state index in [9.17, 15) is 9.59 Å². The average Bonchev–Trinajstić information content (AvgIpc) is 3.54. The van der Waals surface area contributed by atoms with Gasteiger partial charge in [0.25, 0.3) is 0 Å². The van der Waals surface area contributed by atoms with E-state index in [0.717, 1.165) is 43.0 Å². The van der Waals surface area contributed by atoms with Crippen LogP contribution in [0.3, 0.4) is 0 Å². The van der Waals surface area contributed by atoms with Crippen molar-refractivity contribution in [3.8, 4) is 0 Å². The van der Waals surface area contributed by atoms with Crippen LogP contribution in [0.5, 0.6) is 0 Å². The van der Waals surface area contributed by atoms with Crippen molar-refractivity contribution >= 4 is 29.6 Å². The number of ether oxygens (including phenoxy) is 1. The van der Waals surface area contributed by atoms with Gasteiger partial charge in [-0.3, -0.25) is 14.2 Å². The van der Waals surface area contributed by atoms with Gasteiger partial charge in [-0.1, -0.05) is 18.7 Å². The highest BCUT2D eigenvalue weighted by atomic mass is 32.2. The summed E-state index contributed by atoms with van der Waals surface area (Å²) in [6, 6.07) is 0.467. The third-order valence-electron chi connectivity index (χ3n) is 6.68. The van der Waals surface area contributed by atoms with Crippen LogP contribution >= 0.6 is 11.8 Å². The summed E-state index contributed by atoms with van der Waals surface area (Å²) in [5.41, 5.74) is 0. The van der Waals surface area contributed by atoms with Gasteiger partial charge in [0.1, 0.15) is 0 Å². The summed E-state index contributed by atoms with van der Waals surface area (Å²) in [6.45, 7) is 9.78. The molecule has 4 rings (SSSR count). The van der Waals surface area contributed by atoms with Crippen molar-refractivity contribution in [3.63, 3.8) is 0 Å². The maximum Gasteiger partial charge on any atom is 0.309 e. The standard InChI is InChI=1S/C22H35N5O3S/c1-4-30-20(29)17-9-13-25(14-10-17)19(28)16(3)31-22-24-23-21(27(22)18-5-6-18)26-11-7-15(2)8-12-26/h15-18H,4-14H2,1-3H3. The Bertz CT molecular complexity index is 780. The summed E-state index contributed by atoms with van der Waals surface area (Å²) in [7, 11) is 0. The van der Waals surface area contributed by atoms with E-state index in [0.29, 0.717) is 38.6 Å². The average molecular weight is 450 g/mol. The normalized spacial score (nSPS) is 21.9. The van der Waals surface area contributed by atoms with Crippen LogP contribution in [0, 0.1) is 11.8 Å². The first-order chi connectivity index (χ1) is 15.0. The van der Waals surface area contributed by atoms with E-state index in [1.807, 2.05) is 18.7 Å². The molecule has 1 atom stereocenters. The number of rotatable bonds is 7. The topological polar surface area (TPSA) is 80.6 Å². The molecule has 3 aliphatic rings. The van der Waals surface area contributed by atoms with Crippen molar-refractivity contribution < 1.29 is 14.3 Å². The van der Waals surface area contributed by atoms with Gasteiger partial charge in [-0.05, 0) is 58.3 Å². The molecule has 1 aromatic rings. The number of carbonyl (C=O) groups is 2. The number of piperidine rings is 2. The maximum absolute atomic E-state index is 13.1. The molecule has 172 valence electrons. The summed E-state index contributed by atoms with van der Waals surface area (Å²) < 4.78 is 7.41. The van der Waals surface area contributed by atoms with E-state index in [1.165, 1.54) is 24.6 Å². The van der Waals surface area contributed by atoms with Gasteiger partial charge in [0, 0.05) is 32.2 Å². The predicted octanol–water partition coefficient (Wildman–Crippen LogP) is 3.13. The van der Waals surface area contributed by atoms with Crippen LogP contribution < -0.4 is 4.90 Å². The molecule has 1 saturated carbocycles. The zero-order chi connectivity index (χ0) is 22.0. The summed E-state index contributed by atoms with van der Waals surface area (Å²) >= 11 is 1.52. The second kappa shape index (κ2) is 9.79. The van der Waals surface area contributed by atoms with Crippen LogP contribution in [0.2, 0.25) is 0 Å². The van der Waals surface area contributed by atoms with E-state index in [-0.39, 0.29) is 23.0 Å². The van der Waals surface area contributed by atoms with Crippen molar-refractivity contribution in [1.29, 1.82) is 0 Å². The predicted molar refractivity (Wildman–Crippen MR) is 120 cm³/mol. The van der Waals surface area contributed by atoms with Crippen LogP contribution in [0.4, 0.5) is 5.95 Å². The molecule has 8 nitrogen and oxygen atoms in total. The monoisotopic (exact) mass is 449 g/mol. The van der Waals surface area contributed by atoms with E-state index >= 15 is 0 Å². The van der Waals surface area contributed by atoms with Crippen LogP contribution in [-0.2, 0) is 14.3 Å². The molecule has 3 heterocycles. The first kappa shape index (κ1) is 22.4. The van der Waals surface area contributed by atoms with Crippen molar-refractivity contribution in [2.45, 2.75) is 75.7 Å². The maximum atomic E-state index is 13.1. The fraction of sp³-hybridized carbons (Fsp3) is 0.818. The first-order valence-electron chi connectivity index (χ1n) is 11.8. The molecule has 1 unspecified atom stereocenters. The zero-order valence-electron chi connectivity index (χ0n) is 19.0. The van der Waals surface area contributed by atoms with E-state index in [2.05, 4.69) is 26.6 Å². The lowest BCUT2D eigenvalue weighted by Crippen LogP contribution is -2.43. The van der Waals surface area contributed by atoms with E-state index in [1.54, 1.807) is 0 Å². The Morgan fingerprint density at radius 1 is 1.06 bits per heavy atom. The highest BCUT2D eigenvalue weighted by Gasteiger charge is 2.35. The molecule has 1 amide bonds. The molecule has 1 aliphatic carbocycles. The van der Waals surface area contributed by atoms with E-state index < -0.39 is 0 Å². The lowest BCUT2D eigenvalue weighted by Gasteiger charge is -2.32. The van der Waals surface area contributed by atoms with Gasteiger partial charge in [0.05, 0.1) is 17.8 Å². The first-order valence-corrected chi connectivity index (χ1v) is 12.7. The molecular formula is C22H35N5O3S. The molecule has 31 heavy (non-hydrogen) atoms. The number of likely N-dealkylation sites (tertiary alicyclic amines) is 1. The van der Waals surface area contributed by atoms with Gasteiger partial charge in [0.2, 0.25) is 11.9 Å². The van der Waals surface area contributed by atoms with Gasteiger partial charge in [0.15, 0.2) is 5.16 Å². The minimum Gasteiger partial charge on any atom is -0.466 e. The highest BCUT2D eigenvalue weighted by Crippen LogP contribution is 2.42. The Labute approximate surface area is 189 Å². The number of hydrogen-bond donors (Lipinski definition) is 0. The third-order valence-corrected chi connectivity index (χ3v) is 7.73. The Morgan fingerprint density at radius 3 is 2.35 bits per heavy atom. The molecule has 3 fully saturated rings. The second-order valence-corrected chi connectivity index (χ2v) is 10.5. The molecule has 0 radical (unpaired) electrons. The van der Waals surface area contributed by atoms with Gasteiger partial charge >= 0.3 is 5.97 Å². The summed E-state index contributed by atoms with van der Waals surface area (Å²) in [6.07, 6.45) is 6.06. The number of thioether (sulfide) groups is 1. The summed E-state index contributed by atoms with van der Waals surface area (Å²) in [4.78, 5) is 29.3. The molecule has 2 saturated heterocycles. The summed E-state index contributed by atoms with van der Waals surface area (Å²) in [5.74, 6) is 1.65. The largest absolute Gasteiger partial charge is 0.466 e. The minimum absolute atomic E-state index is 0.0836. The molecule has 1 aromatic heterocycles. The number of aromatic nitrogens is 3. The van der Waals surface area contributed by atoms with E-state index in [4.69, 9.17) is 4.74 Å². The van der Waals surface area contributed by atoms with Crippen molar-refractivity contribution in [2.75, 3.05) is 37.7 Å². The van der Waals surface area contributed by atoms with Crippen LogP contribution in [0.15, 0.2) is 5.16 Å². The fourth-order valence-corrected chi connectivity index (χ4v) is 5.49. The zero-order valence-corrected chi connectivity index (χ0v) is 19.8. The number of amides is 1. The number of carbonyl (C=O) groups excluding carboxylic acids is 2. The van der Waals surface area contributed by atoms with Crippen molar-refractivity contribution in [2.24, 2.45) is 11.8 Å². The Balaban J connectivity index is 1.37. The number of anilines is 1. The molecule has 2 aliphatic heterocycles. The molecule has 0 bridgehead atoms. The van der Waals surface area contributed by atoms with Gasteiger partial charge < -0.3 is 14.5 Å². The summed E-state index contributed by atoms with van der Waals surface area (Å²) in [5, 5.41) is 9.67. The van der Waals surface area contributed by atoms with Gasteiger partial charge in [-0.2, -0.15) is 0 Å². The smallest absolute Gasteiger partial charge is 0.309 e. The Kier molecular flexibility index (Phi) is 7.08. The fourth-order valence-electron chi connectivity index (χ4n) is 4.49. The lowest BCUT2D eigenvalue weighted by molar-refractivity contribution is -0.151. The SMILES string of the molecule is CCOC(=O)C1CCN(C(=O)C(C)Sc2nnc(N3CCC(C)CC3)n2C2CC2)CC1. The number of hydrogen-bond acceptors (Lipinski definition) is 7. The molecule has 9 heteroatoms. The molecule has 0 spiro atoms. The minimum atomic E-state index is -0.227. The second-order valence-electron chi connectivity index (χ2n) is 9.17. The molecule has 0 N–H and O–H groups in total. The molecular weight excluding hydrogens is 414 g/mol. The van der Waals surface area contributed by atoms with Gasteiger partial charge in [-0.15, -0.1) is 10.2 Å². The number of esters is 1. The Morgan fingerprint density at radius 2 is 1.74 bits per heavy atom. The van der Waals surface area contributed by atoms with Gasteiger partial charge in [-0.25, -0.2) is 0 Å². The van der Waals surface area contributed by atoms with Crippen molar-refractivity contribution in [3.05, 3.63) is 0 Å². The Hall–Kier alpha value is -1.77. The van der Waals surface area contributed by atoms with Crippen LogP contribution in [0.1, 0.15) is 65.3 Å². The van der Waals surface area contributed by atoms with Crippen LogP contribution in [0.25, 0.3) is 0 Å². The quantitative estimate of drug-likeness (QED) is 0.467. The van der Waals surface area contributed by atoms with Crippen molar-refractivity contribution in [1.82, 2.24) is 19.7 Å². The lowest BCUT2D eigenvalue weighted by atomic mass is 9.97. The van der Waals surface area contributed by atoms with Crippen LogP contribution in [-0.4, -0.2) is 69.6 Å². The highest BCUT2D eigenvalue weighted by molar-refractivity contribution is 8.00. The number of nitrogens with zero attached hydrogens (tertiary/aromatic N) is 5.